The molecule has 0 amide bonds. The summed E-state index contributed by atoms with van der Waals surface area (Å²) >= 11 is 0. The summed E-state index contributed by atoms with van der Waals surface area (Å²) in [6.07, 6.45) is 10.3. The lowest BCUT2D eigenvalue weighted by atomic mass is 9.61. The summed E-state index contributed by atoms with van der Waals surface area (Å²) in [5, 5.41) is 13.5. The predicted octanol–water partition coefficient (Wildman–Crippen LogP) is 4.09. The Kier molecular flexibility index (Phi) is 3.45. The number of phenols is 1. The third kappa shape index (κ3) is 2.70. The average molecular weight is 285 g/mol. The number of nitrogens with one attached hydrogen (secondary N) is 1. The Morgan fingerprint density at radius 2 is 1.76 bits per heavy atom. The molecule has 2 atom stereocenters. The molecule has 0 aromatic heterocycles. The van der Waals surface area contributed by atoms with Gasteiger partial charge in [0.25, 0.3) is 0 Å². The lowest BCUT2D eigenvalue weighted by Gasteiger charge is -2.45. The van der Waals surface area contributed by atoms with Crippen molar-refractivity contribution in [3.05, 3.63) is 29.8 Å². The molecule has 0 radical (unpaired) electrons. The van der Waals surface area contributed by atoms with Crippen molar-refractivity contribution < 1.29 is 5.11 Å². The van der Waals surface area contributed by atoms with Crippen LogP contribution < -0.4 is 5.32 Å². The summed E-state index contributed by atoms with van der Waals surface area (Å²) in [4.78, 5) is 0. The lowest BCUT2D eigenvalue weighted by molar-refractivity contribution is 0.0656. The number of benzene rings is 1. The van der Waals surface area contributed by atoms with Crippen molar-refractivity contribution >= 4 is 0 Å². The molecule has 4 aliphatic rings. The fourth-order valence-electron chi connectivity index (χ4n) is 5.65. The summed E-state index contributed by atoms with van der Waals surface area (Å²) in [7, 11) is 0. The number of para-hydroxylation sites is 1. The molecule has 2 nitrogen and oxygen atoms in total. The maximum absolute atomic E-state index is 9.88. The quantitative estimate of drug-likeness (QED) is 0.873. The van der Waals surface area contributed by atoms with Gasteiger partial charge in [-0.3, -0.25) is 0 Å². The van der Waals surface area contributed by atoms with Crippen molar-refractivity contribution in [1.29, 1.82) is 0 Å². The fourth-order valence-corrected chi connectivity index (χ4v) is 5.65. The van der Waals surface area contributed by atoms with Gasteiger partial charge < -0.3 is 10.4 Å². The van der Waals surface area contributed by atoms with Gasteiger partial charge in [0.1, 0.15) is 5.75 Å². The minimum Gasteiger partial charge on any atom is -0.508 e. The molecule has 0 heterocycles. The number of hydrogen-bond donors (Lipinski definition) is 2. The minimum absolute atomic E-state index is 0.423. The van der Waals surface area contributed by atoms with Crippen LogP contribution in [0.2, 0.25) is 0 Å². The zero-order valence-electron chi connectivity index (χ0n) is 12.9. The van der Waals surface area contributed by atoms with Crippen molar-refractivity contribution in [3.63, 3.8) is 0 Å². The first kappa shape index (κ1) is 13.6. The van der Waals surface area contributed by atoms with Crippen LogP contribution in [0.15, 0.2) is 24.3 Å². The molecule has 1 aromatic rings. The van der Waals surface area contributed by atoms with Crippen LogP contribution in [0.1, 0.15) is 50.5 Å². The van der Waals surface area contributed by atoms with E-state index < -0.39 is 0 Å². The molecule has 0 saturated heterocycles. The first-order valence-corrected chi connectivity index (χ1v) is 8.70. The zero-order valence-corrected chi connectivity index (χ0v) is 12.9. The second-order valence-corrected chi connectivity index (χ2v) is 7.98. The molecule has 2 N–H and O–H groups in total. The molecule has 2 unspecified atom stereocenters. The number of phenolic OH excluding ortho intramolecular Hbond substituents is 1. The maximum Gasteiger partial charge on any atom is 0.120 e. The minimum atomic E-state index is 0.423. The molecule has 4 bridgehead atoms. The van der Waals surface area contributed by atoms with E-state index in [1.807, 2.05) is 18.2 Å². The Morgan fingerprint density at radius 1 is 1.05 bits per heavy atom. The van der Waals surface area contributed by atoms with Crippen molar-refractivity contribution in [3.8, 4) is 5.75 Å². The molecule has 0 aliphatic heterocycles. The highest BCUT2D eigenvalue weighted by atomic mass is 16.3. The van der Waals surface area contributed by atoms with E-state index in [1.54, 1.807) is 6.07 Å². The molecular formula is C19H27NO. The normalized spacial score (nSPS) is 37.6. The van der Waals surface area contributed by atoms with E-state index in [2.05, 4.69) is 5.32 Å². The molecule has 0 spiro atoms. The predicted molar refractivity (Wildman–Crippen MR) is 85.0 cm³/mol. The van der Waals surface area contributed by atoms with Gasteiger partial charge >= 0.3 is 0 Å². The number of hydrogen-bond acceptors (Lipinski definition) is 2. The summed E-state index contributed by atoms with van der Waals surface area (Å²) in [6.45, 7) is 1.94. The molecule has 114 valence electrons. The Morgan fingerprint density at radius 3 is 2.52 bits per heavy atom. The fraction of sp³-hybridized carbons (Fsp3) is 0.684. The van der Waals surface area contributed by atoms with Crippen LogP contribution in [0.5, 0.6) is 5.75 Å². The van der Waals surface area contributed by atoms with Gasteiger partial charge in [-0.05, 0) is 74.2 Å². The monoisotopic (exact) mass is 285 g/mol. The topological polar surface area (TPSA) is 32.3 Å². The summed E-state index contributed by atoms with van der Waals surface area (Å²) < 4.78 is 0. The van der Waals surface area contributed by atoms with E-state index in [0.717, 1.165) is 36.4 Å². The Bertz CT molecular complexity index is 498. The molecule has 2 heteroatoms. The van der Waals surface area contributed by atoms with Crippen molar-refractivity contribution in [2.24, 2.45) is 23.2 Å². The molecule has 21 heavy (non-hydrogen) atoms. The van der Waals surface area contributed by atoms with E-state index in [9.17, 15) is 5.11 Å². The van der Waals surface area contributed by atoms with Crippen LogP contribution in [0.4, 0.5) is 0 Å². The maximum atomic E-state index is 9.88. The first-order valence-electron chi connectivity index (χ1n) is 8.70. The Balaban J connectivity index is 1.41. The van der Waals surface area contributed by atoms with E-state index >= 15 is 0 Å². The SMILES string of the molecule is Oc1ccccc1CNCC12CCC3CC(CC(C3)C1)C2. The van der Waals surface area contributed by atoms with Gasteiger partial charge in [-0.25, -0.2) is 0 Å². The van der Waals surface area contributed by atoms with Crippen molar-refractivity contribution in [1.82, 2.24) is 5.32 Å². The molecule has 4 aliphatic carbocycles. The lowest BCUT2D eigenvalue weighted by Crippen LogP contribution is -2.40. The van der Waals surface area contributed by atoms with Gasteiger partial charge in [-0.2, -0.15) is 0 Å². The van der Waals surface area contributed by atoms with E-state index in [1.165, 1.54) is 44.9 Å². The number of aromatic hydroxyl groups is 1. The molecule has 4 saturated carbocycles. The van der Waals surface area contributed by atoms with E-state index in [0.29, 0.717) is 11.2 Å². The van der Waals surface area contributed by atoms with Crippen LogP contribution in [-0.4, -0.2) is 11.7 Å². The highest BCUT2D eigenvalue weighted by molar-refractivity contribution is 5.31. The van der Waals surface area contributed by atoms with Crippen LogP contribution in [0.3, 0.4) is 0 Å². The molecule has 1 aromatic carbocycles. The van der Waals surface area contributed by atoms with Crippen LogP contribution in [-0.2, 0) is 6.54 Å². The van der Waals surface area contributed by atoms with E-state index in [-0.39, 0.29) is 0 Å². The highest BCUT2D eigenvalue weighted by Crippen LogP contribution is 2.56. The third-order valence-corrected chi connectivity index (χ3v) is 6.33. The number of rotatable bonds is 4. The van der Waals surface area contributed by atoms with Gasteiger partial charge in [-0.1, -0.05) is 18.2 Å². The molecular weight excluding hydrogens is 258 g/mol. The van der Waals surface area contributed by atoms with Gasteiger partial charge in [0.05, 0.1) is 0 Å². The van der Waals surface area contributed by atoms with E-state index in [4.69, 9.17) is 0 Å². The third-order valence-electron chi connectivity index (χ3n) is 6.33. The van der Waals surface area contributed by atoms with Gasteiger partial charge in [-0.15, -0.1) is 0 Å². The standard InChI is InChI=1S/C19H27NO/c21-18-4-2-1-3-17(18)12-20-13-19-6-5-14-7-15(10-19)9-16(8-14)11-19/h1-4,14-16,20-21H,5-13H2. The highest BCUT2D eigenvalue weighted by Gasteiger charge is 2.47. The van der Waals surface area contributed by atoms with Crippen molar-refractivity contribution in [2.45, 2.75) is 51.5 Å². The molecule has 5 rings (SSSR count). The second-order valence-electron chi connectivity index (χ2n) is 7.98. The zero-order chi connectivity index (χ0) is 14.3. The summed E-state index contributed by atoms with van der Waals surface area (Å²) in [5.41, 5.74) is 1.59. The summed E-state index contributed by atoms with van der Waals surface area (Å²) in [5.74, 6) is 3.48. The number of fused-ring (bicyclic) bond motifs is 1. The Hall–Kier alpha value is -1.02. The Labute approximate surface area is 128 Å². The summed E-state index contributed by atoms with van der Waals surface area (Å²) in [6, 6.07) is 7.70. The first-order chi connectivity index (χ1) is 10.2. The van der Waals surface area contributed by atoms with Crippen LogP contribution in [0.25, 0.3) is 0 Å². The van der Waals surface area contributed by atoms with Gasteiger partial charge in [0.15, 0.2) is 0 Å². The largest absolute Gasteiger partial charge is 0.508 e. The smallest absolute Gasteiger partial charge is 0.120 e. The van der Waals surface area contributed by atoms with Gasteiger partial charge in [0.2, 0.25) is 0 Å². The van der Waals surface area contributed by atoms with Gasteiger partial charge in [0, 0.05) is 18.7 Å². The van der Waals surface area contributed by atoms with Crippen molar-refractivity contribution in [2.75, 3.05) is 6.54 Å². The van der Waals surface area contributed by atoms with Crippen LogP contribution in [0, 0.1) is 23.2 Å². The van der Waals surface area contributed by atoms with Crippen LogP contribution >= 0.6 is 0 Å². The second kappa shape index (κ2) is 5.31. The average Bonchev–Trinajstić information content (AvgIpc) is 2.66. The molecule has 4 fully saturated rings.